The average Bonchev–Trinajstić information content (AvgIpc) is 2.72. The van der Waals surface area contributed by atoms with Gasteiger partial charge in [-0.25, -0.2) is 10.0 Å². The summed E-state index contributed by atoms with van der Waals surface area (Å²) in [4.78, 5) is 23.8. The van der Waals surface area contributed by atoms with E-state index >= 15 is 0 Å². The van der Waals surface area contributed by atoms with Gasteiger partial charge >= 0.3 is 5.97 Å². The second kappa shape index (κ2) is 7.38. The van der Waals surface area contributed by atoms with Gasteiger partial charge in [0, 0.05) is 13.5 Å². The number of carbonyl (C=O) groups is 2. The minimum absolute atomic E-state index is 0.109. The Morgan fingerprint density at radius 1 is 1.32 bits per heavy atom. The van der Waals surface area contributed by atoms with Crippen LogP contribution in [0.2, 0.25) is 0 Å². The number of anilines is 1. The van der Waals surface area contributed by atoms with Gasteiger partial charge < -0.3 is 10.5 Å². The van der Waals surface area contributed by atoms with E-state index in [-0.39, 0.29) is 17.9 Å². The molecule has 1 heterocycles. The van der Waals surface area contributed by atoms with Crippen molar-refractivity contribution < 1.29 is 14.3 Å². The summed E-state index contributed by atoms with van der Waals surface area (Å²) in [7, 11) is 1.85. The van der Waals surface area contributed by atoms with Crippen molar-refractivity contribution in [1.82, 2.24) is 5.01 Å². The molecule has 1 saturated heterocycles. The lowest BCUT2D eigenvalue weighted by Gasteiger charge is -2.28. The minimum Gasteiger partial charge on any atom is -0.466 e. The standard InChI is InChI=1S/C16H23N3O3/c1-3-22-14(20)11-7-10-13-15(17)16(21)19(18(13)2)12-8-5-4-6-9-12/h4-6,8-9,13,15H,3,7,10-11,17H2,1-2H3. The number of hydrogen-bond acceptors (Lipinski definition) is 5. The molecule has 2 N–H and O–H groups in total. The second-order valence-corrected chi connectivity index (χ2v) is 5.35. The Balaban J connectivity index is 1.99. The lowest BCUT2D eigenvalue weighted by Crippen LogP contribution is -2.40. The van der Waals surface area contributed by atoms with Crippen LogP contribution in [0, 0.1) is 0 Å². The molecule has 2 atom stereocenters. The number of hydrazine groups is 1. The fourth-order valence-electron chi connectivity index (χ4n) is 2.78. The van der Waals surface area contributed by atoms with Crippen LogP contribution in [-0.2, 0) is 14.3 Å². The van der Waals surface area contributed by atoms with E-state index in [0.717, 1.165) is 5.69 Å². The molecule has 1 aliphatic rings. The summed E-state index contributed by atoms with van der Waals surface area (Å²) in [6, 6.07) is 8.74. The molecule has 6 nitrogen and oxygen atoms in total. The van der Waals surface area contributed by atoms with Crippen molar-refractivity contribution >= 4 is 17.6 Å². The third kappa shape index (κ3) is 3.45. The summed E-state index contributed by atoms with van der Waals surface area (Å²) in [5.74, 6) is -0.321. The van der Waals surface area contributed by atoms with Crippen LogP contribution < -0.4 is 10.7 Å². The number of benzene rings is 1. The fraction of sp³-hybridized carbons (Fsp3) is 0.500. The molecule has 2 rings (SSSR count). The lowest BCUT2D eigenvalue weighted by atomic mass is 10.0. The van der Waals surface area contributed by atoms with E-state index < -0.39 is 6.04 Å². The number of nitrogens with zero attached hydrogens (tertiary/aromatic N) is 2. The maximum atomic E-state index is 12.4. The normalized spacial score (nSPS) is 22.1. The Morgan fingerprint density at radius 2 is 2.00 bits per heavy atom. The Labute approximate surface area is 130 Å². The molecule has 1 aromatic carbocycles. The van der Waals surface area contributed by atoms with Crippen LogP contribution in [0.15, 0.2) is 30.3 Å². The van der Waals surface area contributed by atoms with Gasteiger partial charge in [-0.1, -0.05) is 18.2 Å². The van der Waals surface area contributed by atoms with E-state index in [2.05, 4.69) is 0 Å². The number of para-hydroxylation sites is 1. The zero-order valence-electron chi connectivity index (χ0n) is 13.1. The predicted octanol–water partition coefficient (Wildman–Crippen LogP) is 1.31. The molecule has 1 aliphatic heterocycles. The van der Waals surface area contributed by atoms with Crippen LogP contribution in [0.5, 0.6) is 0 Å². The first-order chi connectivity index (χ1) is 10.6. The van der Waals surface area contributed by atoms with Gasteiger partial charge in [0.1, 0.15) is 6.04 Å². The molecule has 0 saturated carbocycles. The highest BCUT2D eigenvalue weighted by Gasteiger charge is 2.42. The molecule has 1 fully saturated rings. The van der Waals surface area contributed by atoms with Gasteiger partial charge in [-0.15, -0.1) is 0 Å². The Morgan fingerprint density at radius 3 is 2.64 bits per heavy atom. The summed E-state index contributed by atoms with van der Waals surface area (Å²) in [6.45, 7) is 2.18. The smallest absolute Gasteiger partial charge is 0.305 e. The predicted molar refractivity (Wildman–Crippen MR) is 83.9 cm³/mol. The first-order valence-corrected chi connectivity index (χ1v) is 7.59. The van der Waals surface area contributed by atoms with Crippen molar-refractivity contribution in [2.45, 2.75) is 38.3 Å². The number of carbonyl (C=O) groups excluding carboxylic acids is 2. The molecule has 0 radical (unpaired) electrons. The summed E-state index contributed by atoms with van der Waals surface area (Å²) < 4.78 is 4.91. The van der Waals surface area contributed by atoms with Crippen molar-refractivity contribution in [2.24, 2.45) is 5.73 Å². The van der Waals surface area contributed by atoms with Crippen molar-refractivity contribution in [1.29, 1.82) is 0 Å². The first kappa shape index (κ1) is 16.5. The lowest BCUT2D eigenvalue weighted by molar-refractivity contribution is -0.143. The van der Waals surface area contributed by atoms with Crippen LogP contribution in [0.3, 0.4) is 0 Å². The monoisotopic (exact) mass is 305 g/mol. The average molecular weight is 305 g/mol. The van der Waals surface area contributed by atoms with Crippen molar-refractivity contribution in [3.63, 3.8) is 0 Å². The van der Waals surface area contributed by atoms with E-state index in [0.29, 0.717) is 25.9 Å². The van der Waals surface area contributed by atoms with Gasteiger partial charge in [-0.2, -0.15) is 0 Å². The summed E-state index contributed by atoms with van der Waals surface area (Å²) >= 11 is 0. The molecule has 0 bridgehead atoms. The van der Waals surface area contributed by atoms with E-state index in [1.54, 1.807) is 11.9 Å². The van der Waals surface area contributed by atoms with Gasteiger partial charge in [0.25, 0.3) is 5.91 Å². The SMILES string of the molecule is CCOC(=O)CCCC1C(N)C(=O)N(c2ccccc2)N1C. The zero-order valence-corrected chi connectivity index (χ0v) is 13.1. The number of amides is 1. The maximum Gasteiger partial charge on any atom is 0.305 e. The molecule has 120 valence electrons. The van der Waals surface area contributed by atoms with E-state index in [1.165, 1.54) is 0 Å². The largest absolute Gasteiger partial charge is 0.466 e. The molecule has 2 unspecified atom stereocenters. The third-order valence-corrected chi connectivity index (χ3v) is 3.89. The van der Waals surface area contributed by atoms with Crippen LogP contribution in [0.1, 0.15) is 26.2 Å². The van der Waals surface area contributed by atoms with Crippen LogP contribution in [0.4, 0.5) is 5.69 Å². The number of hydrogen-bond donors (Lipinski definition) is 1. The van der Waals surface area contributed by atoms with E-state index in [1.807, 2.05) is 42.4 Å². The molecule has 0 spiro atoms. The topological polar surface area (TPSA) is 75.9 Å². The molecule has 6 heteroatoms. The fourth-order valence-corrected chi connectivity index (χ4v) is 2.78. The highest BCUT2D eigenvalue weighted by molar-refractivity contribution is 5.99. The molecular weight excluding hydrogens is 282 g/mol. The zero-order chi connectivity index (χ0) is 16.1. The van der Waals surface area contributed by atoms with Crippen molar-refractivity contribution in [2.75, 3.05) is 18.7 Å². The molecule has 0 aromatic heterocycles. The number of esters is 1. The van der Waals surface area contributed by atoms with Gasteiger partial charge in [-0.05, 0) is 31.9 Å². The third-order valence-electron chi connectivity index (χ3n) is 3.89. The number of likely N-dealkylation sites (N-methyl/N-ethyl adjacent to an activating group) is 1. The molecule has 22 heavy (non-hydrogen) atoms. The van der Waals surface area contributed by atoms with Crippen molar-refractivity contribution in [3.8, 4) is 0 Å². The molecule has 0 aliphatic carbocycles. The van der Waals surface area contributed by atoms with E-state index in [9.17, 15) is 9.59 Å². The van der Waals surface area contributed by atoms with Gasteiger partial charge in [0.2, 0.25) is 0 Å². The Bertz CT molecular complexity index is 521. The Hall–Kier alpha value is -1.92. The number of nitrogens with two attached hydrogens (primary N) is 1. The number of rotatable bonds is 6. The van der Waals surface area contributed by atoms with Crippen LogP contribution in [0.25, 0.3) is 0 Å². The summed E-state index contributed by atoms with van der Waals surface area (Å²) in [5.41, 5.74) is 6.87. The molecular formula is C16H23N3O3. The highest BCUT2D eigenvalue weighted by Crippen LogP contribution is 2.27. The summed E-state index contributed by atoms with van der Waals surface area (Å²) in [6.07, 6.45) is 1.67. The molecule has 1 aromatic rings. The highest BCUT2D eigenvalue weighted by atomic mass is 16.5. The maximum absolute atomic E-state index is 12.4. The van der Waals surface area contributed by atoms with Crippen LogP contribution in [-0.4, -0.2) is 42.6 Å². The molecule has 1 amide bonds. The minimum atomic E-state index is -0.576. The Kier molecular flexibility index (Phi) is 5.51. The quantitative estimate of drug-likeness (QED) is 0.802. The van der Waals surface area contributed by atoms with Gasteiger partial charge in [0.05, 0.1) is 18.3 Å². The van der Waals surface area contributed by atoms with Gasteiger partial charge in [-0.3, -0.25) is 9.59 Å². The van der Waals surface area contributed by atoms with E-state index in [4.69, 9.17) is 10.5 Å². The van der Waals surface area contributed by atoms with Crippen LogP contribution >= 0.6 is 0 Å². The first-order valence-electron chi connectivity index (χ1n) is 7.59. The van der Waals surface area contributed by atoms with Gasteiger partial charge in [0.15, 0.2) is 0 Å². The number of ether oxygens (including phenoxy) is 1. The summed E-state index contributed by atoms with van der Waals surface area (Å²) in [5, 5.41) is 3.48. The second-order valence-electron chi connectivity index (χ2n) is 5.35. The van der Waals surface area contributed by atoms with Crippen molar-refractivity contribution in [3.05, 3.63) is 30.3 Å².